The van der Waals surface area contributed by atoms with Crippen LogP contribution in [0.3, 0.4) is 0 Å². The molecule has 4 heterocycles. The summed E-state index contributed by atoms with van der Waals surface area (Å²) in [6.07, 6.45) is 4.60. The number of nitrogens with one attached hydrogen (secondary N) is 1. The molecule has 0 spiro atoms. The summed E-state index contributed by atoms with van der Waals surface area (Å²) in [7, 11) is 1.91. The van der Waals surface area contributed by atoms with Crippen LogP contribution < -0.4 is 5.32 Å². The molecular weight excluding hydrogens is 322 g/mol. The highest BCUT2D eigenvalue weighted by Gasteiger charge is 2.31. The van der Waals surface area contributed by atoms with Crippen molar-refractivity contribution in [2.45, 2.75) is 18.9 Å². The number of aliphatic imine (C=N–C) groups is 1. The van der Waals surface area contributed by atoms with Crippen molar-refractivity contribution in [3.8, 4) is 0 Å². The van der Waals surface area contributed by atoms with Crippen LogP contribution >= 0.6 is 0 Å². The first-order chi connectivity index (χ1) is 12.8. The first-order valence-corrected chi connectivity index (χ1v) is 9.98. The van der Waals surface area contributed by atoms with E-state index in [0.29, 0.717) is 6.04 Å². The van der Waals surface area contributed by atoms with Crippen LogP contribution in [0.2, 0.25) is 0 Å². The van der Waals surface area contributed by atoms with Gasteiger partial charge in [0.25, 0.3) is 0 Å². The highest BCUT2D eigenvalue weighted by molar-refractivity contribution is 5.80. The minimum absolute atomic E-state index is 0.632. The average Bonchev–Trinajstić information content (AvgIpc) is 2.71. The van der Waals surface area contributed by atoms with E-state index in [-0.39, 0.29) is 0 Å². The number of piperazine rings is 3. The Hall–Kier alpha value is -1.85. The molecule has 0 aromatic heterocycles. The van der Waals surface area contributed by atoms with Gasteiger partial charge in [0.05, 0.1) is 0 Å². The molecule has 1 atom stereocenters. The van der Waals surface area contributed by atoms with Crippen LogP contribution in [-0.4, -0.2) is 86.1 Å². The Kier molecular flexibility index (Phi) is 5.56. The van der Waals surface area contributed by atoms with E-state index in [0.717, 1.165) is 38.4 Å². The fraction of sp³-hybridized carbons (Fsp3) is 0.571. The summed E-state index contributed by atoms with van der Waals surface area (Å²) >= 11 is 0. The van der Waals surface area contributed by atoms with E-state index in [1.807, 2.05) is 7.05 Å². The van der Waals surface area contributed by atoms with Gasteiger partial charge in [-0.3, -0.25) is 14.8 Å². The number of hydrogen-bond donors (Lipinski definition) is 1. The smallest absolute Gasteiger partial charge is 0.193 e. The van der Waals surface area contributed by atoms with Crippen molar-refractivity contribution in [3.05, 3.63) is 41.5 Å². The van der Waals surface area contributed by atoms with E-state index in [1.165, 1.54) is 38.3 Å². The molecule has 1 N–H and O–H groups in total. The zero-order valence-electron chi connectivity index (χ0n) is 15.9. The molecule has 1 unspecified atom stereocenters. The summed E-state index contributed by atoms with van der Waals surface area (Å²) in [6, 6.07) is 11.3. The lowest BCUT2D eigenvalue weighted by Gasteiger charge is -2.47. The molecule has 0 amide bonds. The van der Waals surface area contributed by atoms with Gasteiger partial charge >= 0.3 is 0 Å². The molecule has 0 aliphatic carbocycles. The fourth-order valence-corrected chi connectivity index (χ4v) is 4.39. The predicted molar refractivity (Wildman–Crippen MR) is 108 cm³/mol. The lowest BCUT2D eigenvalue weighted by Crippen LogP contribution is -2.64. The van der Waals surface area contributed by atoms with E-state index < -0.39 is 0 Å². The molecule has 4 fully saturated rings. The molecule has 5 rings (SSSR count). The zero-order valence-corrected chi connectivity index (χ0v) is 15.9. The van der Waals surface area contributed by atoms with E-state index in [4.69, 9.17) is 0 Å². The molecular formula is C21H31N5. The van der Waals surface area contributed by atoms with Crippen molar-refractivity contribution in [1.82, 2.24) is 20.0 Å². The first-order valence-electron chi connectivity index (χ1n) is 9.98. The van der Waals surface area contributed by atoms with E-state index in [9.17, 15) is 0 Å². The van der Waals surface area contributed by atoms with Crippen LogP contribution in [0.25, 0.3) is 6.08 Å². The first kappa shape index (κ1) is 17.6. The lowest BCUT2D eigenvalue weighted by atomic mass is 10.0. The molecule has 1 aromatic rings. The summed E-state index contributed by atoms with van der Waals surface area (Å²) in [6.45, 7) is 9.25. The second kappa shape index (κ2) is 8.23. The van der Waals surface area contributed by atoms with Crippen molar-refractivity contribution in [2.24, 2.45) is 4.99 Å². The van der Waals surface area contributed by atoms with Crippen LogP contribution in [0.15, 0.2) is 40.9 Å². The van der Waals surface area contributed by atoms with Crippen molar-refractivity contribution in [3.63, 3.8) is 0 Å². The molecule has 4 aliphatic heterocycles. The van der Waals surface area contributed by atoms with Gasteiger partial charge in [0.2, 0.25) is 0 Å². The Morgan fingerprint density at radius 3 is 2.42 bits per heavy atom. The molecule has 26 heavy (non-hydrogen) atoms. The highest BCUT2D eigenvalue weighted by Crippen LogP contribution is 2.20. The third kappa shape index (κ3) is 4.10. The number of rotatable bonds is 3. The molecule has 0 radical (unpaired) electrons. The van der Waals surface area contributed by atoms with Crippen LogP contribution in [0, 0.1) is 0 Å². The minimum Gasteiger partial charge on any atom is -0.355 e. The zero-order chi connectivity index (χ0) is 17.8. The van der Waals surface area contributed by atoms with Gasteiger partial charge in [-0.05, 0) is 18.4 Å². The number of piperidine rings is 1. The van der Waals surface area contributed by atoms with Crippen LogP contribution in [0.1, 0.15) is 18.4 Å². The predicted octanol–water partition coefficient (Wildman–Crippen LogP) is 1.74. The maximum Gasteiger partial charge on any atom is 0.193 e. The summed E-state index contributed by atoms with van der Waals surface area (Å²) in [5.74, 6) is 1.07. The average molecular weight is 354 g/mol. The number of fused-ring (bicyclic) bond motifs is 3. The van der Waals surface area contributed by atoms with Gasteiger partial charge in [-0.25, -0.2) is 0 Å². The summed E-state index contributed by atoms with van der Waals surface area (Å²) in [5, 5.41) is 3.65. The van der Waals surface area contributed by atoms with Gasteiger partial charge in [0.15, 0.2) is 5.96 Å². The van der Waals surface area contributed by atoms with Gasteiger partial charge in [0.1, 0.15) is 0 Å². The largest absolute Gasteiger partial charge is 0.355 e. The topological polar surface area (TPSA) is 34.1 Å². The summed E-state index contributed by atoms with van der Waals surface area (Å²) in [5.41, 5.74) is 2.86. The van der Waals surface area contributed by atoms with Gasteiger partial charge in [0, 0.05) is 65.4 Å². The van der Waals surface area contributed by atoms with Gasteiger partial charge in [-0.15, -0.1) is 0 Å². The van der Waals surface area contributed by atoms with E-state index in [2.05, 4.69) is 61.4 Å². The SMILES string of the molecule is CN=C(NCC1CN2CCN1CC2)N1CCC(=Cc2ccccc2)CC1. The Bertz CT molecular complexity index is 636. The van der Waals surface area contributed by atoms with Crippen LogP contribution in [0.4, 0.5) is 0 Å². The number of hydrogen-bond acceptors (Lipinski definition) is 3. The van der Waals surface area contributed by atoms with Crippen molar-refractivity contribution in [2.75, 3.05) is 59.4 Å². The molecule has 5 heteroatoms. The van der Waals surface area contributed by atoms with Crippen molar-refractivity contribution < 1.29 is 0 Å². The number of benzene rings is 1. The molecule has 4 saturated heterocycles. The quantitative estimate of drug-likeness (QED) is 0.663. The Balaban J connectivity index is 1.28. The monoisotopic (exact) mass is 353 g/mol. The normalized spacial score (nSPS) is 29.0. The van der Waals surface area contributed by atoms with Crippen LogP contribution in [-0.2, 0) is 0 Å². The molecule has 5 nitrogen and oxygen atoms in total. The third-order valence-corrected chi connectivity index (χ3v) is 5.98. The third-order valence-electron chi connectivity index (χ3n) is 5.98. The maximum atomic E-state index is 4.55. The van der Waals surface area contributed by atoms with Crippen molar-refractivity contribution in [1.29, 1.82) is 0 Å². The standard InChI is InChI=1S/C21H31N5/c1-22-21(23-16-20-17-24-11-13-25(20)14-12-24)26-9-7-19(8-10-26)15-18-5-3-2-4-6-18/h2-6,15,20H,7-14,16-17H2,1H3,(H,22,23). The minimum atomic E-state index is 0.632. The molecule has 1 aromatic carbocycles. The Labute approximate surface area is 157 Å². The molecule has 0 saturated carbocycles. The fourth-order valence-electron chi connectivity index (χ4n) is 4.39. The molecule has 4 aliphatic rings. The molecule has 140 valence electrons. The van der Waals surface area contributed by atoms with Gasteiger partial charge in [-0.2, -0.15) is 0 Å². The maximum absolute atomic E-state index is 4.55. The van der Waals surface area contributed by atoms with Gasteiger partial charge in [-0.1, -0.05) is 42.0 Å². The van der Waals surface area contributed by atoms with Crippen molar-refractivity contribution >= 4 is 12.0 Å². The number of likely N-dealkylation sites (tertiary alicyclic amines) is 1. The molecule has 2 bridgehead atoms. The Morgan fingerprint density at radius 2 is 1.81 bits per heavy atom. The second-order valence-electron chi connectivity index (χ2n) is 7.62. The second-order valence-corrected chi connectivity index (χ2v) is 7.62. The summed E-state index contributed by atoms with van der Waals surface area (Å²) in [4.78, 5) is 12.2. The van der Waals surface area contributed by atoms with E-state index >= 15 is 0 Å². The lowest BCUT2D eigenvalue weighted by molar-refractivity contribution is 0.0152. The van der Waals surface area contributed by atoms with Crippen LogP contribution in [0.5, 0.6) is 0 Å². The summed E-state index contributed by atoms with van der Waals surface area (Å²) < 4.78 is 0. The van der Waals surface area contributed by atoms with E-state index in [1.54, 1.807) is 5.57 Å². The number of guanidine groups is 1. The Morgan fingerprint density at radius 1 is 1.08 bits per heavy atom. The number of nitrogens with zero attached hydrogens (tertiary/aromatic N) is 4. The van der Waals surface area contributed by atoms with Gasteiger partial charge < -0.3 is 10.2 Å². The highest BCUT2D eigenvalue weighted by atomic mass is 15.4.